The molecule has 6 heteroatoms. The predicted molar refractivity (Wildman–Crippen MR) is 90.6 cm³/mol. The highest BCUT2D eigenvalue weighted by Gasteiger charge is 2.13. The van der Waals surface area contributed by atoms with Crippen LogP contribution >= 0.6 is 22.9 Å². The standard InChI is InChI=1S/C16H18ClN3OS/c17-13-6-4-5-12(9-13)15(21)19-16-18-14(11-22-16)10-20-7-2-1-3-8-20/h4-6,9,11H,1-3,7-8,10H2,(H,18,19,21). The van der Waals surface area contributed by atoms with Crippen molar-refractivity contribution in [1.29, 1.82) is 0 Å². The fraction of sp³-hybridized carbons (Fsp3) is 0.375. The lowest BCUT2D eigenvalue weighted by Crippen LogP contribution is -2.29. The Bertz CT molecular complexity index is 652. The summed E-state index contributed by atoms with van der Waals surface area (Å²) in [4.78, 5) is 19.1. The normalized spacial score (nSPS) is 15.7. The molecule has 0 unspecified atom stereocenters. The summed E-state index contributed by atoms with van der Waals surface area (Å²) in [5, 5.41) is 6.04. The lowest BCUT2D eigenvalue weighted by molar-refractivity contribution is 0.102. The summed E-state index contributed by atoms with van der Waals surface area (Å²) in [6.45, 7) is 3.15. The maximum atomic E-state index is 12.2. The summed E-state index contributed by atoms with van der Waals surface area (Å²) in [7, 11) is 0. The zero-order valence-electron chi connectivity index (χ0n) is 12.2. The van der Waals surface area contributed by atoms with Crippen LogP contribution in [0.25, 0.3) is 0 Å². The number of likely N-dealkylation sites (tertiary alicyclic amines) is 1. The molecule has 3 rings (SSSR count). The quantitative estimate of drug-likeness (QED) is 0.917. The van der Waals surface area contributed by atoms with Gasteiger partial charge in [-0.1, -0.05) is 24.1 Å². The molecule has 4 nitrogen and oxygen atoms in total. The maximum Gasteiger partial charge on any atom is 0.257 e. The Kier molecular flexibility index (Phi) is 5.08. The van der Waals surface area contributed by atoms with Gasteiger partial charge in [0.25, 0.3) is 5.91 Å². The van der Waals surface area contributed by atoms with E-state index in [-0.39, 0.29) is 5.91 Å². The van der Waals surface area contributed by atoms with Gasteiger partial charge in [0.05, 0.1) is 5.69 Å². The van der Waals surface area contributed by atoms with E-state index >= 15 is 0 Å². The second kappa shape index (κ2) is 7.22. The average molecular weight is 336 g/mol. The van der Waals surface area contributed by atoms with Crippen LogP contribution < -0.4 is 5.32 Å². The Morgan fingerprint density at radius 1 is 1.32 bits per heavy atom. The van der Waals surface area contributed by atoms with E-state index in [1.54, 1.807) is 24.3 Å². The molecule has 2 heterocycles. The number of amides is 1. The van der Waals surface area contributed by atoms with E-state index in [4.69, 9.17) is 11.6 Å². The minimum absolute atomic E-state index is 0.179. The second-order valence-electron chi connectivity index (χ2n) is 5.45. The van der Waals surface area contributed by atoms with Gasteiger partial charge in [-0.2, -0.15) is 0 Å². The highest BCUT2D eigenvalue weighted by molar-refractivity contribution is 7.13. The molecule has 1 fully saturated rings. The van der Waals surface area contributed by atoms with Crippen LogP contribution in [-0.4, -0.2) is 28.9 Å². The van der Waals surface area contributed by atoms with Crippen molar-refractivity contribution in [2.24, 2.45) is 0 Å². The lowest BCUT2D eigenvalue weighted by atomic mass is 10.1. The number of nitrogens with zero attached hydrogens (tertiary/aromatic N) is 2. The average Bonchev–Trinajstić information content (AvgIpc) is 2.95. The van der Waals surface area contributed by atoms with Gasteiger partial charge in [0, 0.05) is 22.5 Å². The van der Waals surface area contributed by atoms with Crippen molar-refractivity contribution in [1.82, 2.24) is 9.88 Å². The number of hydrogen-bond donors (Lipinski definition) is 1. The number of rotatable bonds is 4. The van der Waals surface area contributed by atoms with Gasteiger partial charge in [0.1, 0.15) is 0 Å². The molecule has 1 aliphatic heterocycles. The van der Waals surface area contributed by atoms with Crippen LogP contribution in [0.1, 0.15) is 35.3 Å². The summed E-state index contributed by atoms with van der Waals surface area (Å²) in [6.07, 6.45) is 3.86. The van der Waals surface area contributed by atoms with Crippen LogP contribution in [0, 0.1) is 0 Å². The molecule has 1 amide bonds. The summed E-state index contributed by atoms with van der Waals surface area (Å²) in [5.41, 5.74) is 1.56. The van der Waals surface area contributed by atoms with Crippen molar-refractivity contribution in [2.45, 2.75) is 25.8 Å². The lowest BCUT2D eigenvalue weighted by Gasteiger charge is -2.25. The Morgan fingerprint density at radius 3 is 2.91 bits per heavy atom. The highest BCUT2D eigenvalue weighted by Crippen LogP contribution is 2.20. The van der Waals surface area contributed by atoms with Gasteiger partial charge in [0.15, 0.2) is 5.13 Å². The topological polar surface area (TPSA) is 45.2 Å². The van der Waals surface area contributed by atoms with Gasteiger partial charge < -0.3 is 0 Å². The summed E-state index contributed by atoms with van der Waals surface area (Å²) < 4.78 is 0. The van der Waals surface area contributed by atoms with Crippen molar-refractivity contribution in [2.75, 3.05) is 18.4 Å². The smallest absolute Gasteiger partial charge is 0.257 e. The number of aromatic nitrogens is 1. The highest BCUT2D eigenvalue weighted by atomic mass is 35.5. The van der Waals surface area contributed by atoms with E-state index in [9.17, 15) is 4.79 Å². The fourth-order valence-corrected chi connectivity index (χ4v) is 3.47. The van der Waals surface area contributed by atoms with Gasteiger partial charge in [-0.3, -0.25) is 15.0 Å². The Hall–Kier alpha value is -1.43. The van der Waals surface area contributed by atoms with E-state index in [1.165, 1.54) is 30.6 Å². The molecule has 0 spiro atoms. The van der Waals surface area contributed by atoms with Crippen molar-refractivity contribution in [3.63, 3.8) is 0 Å². The molecule has 0 saturated carbocycles. The SMILES string of the molecule is O=C(Nc1nc(CN2CCCCC2)cs1)c1cccc(Cl)c1. The molecule has 1 saturated heterocycles. The molecule has 1 aliphatic rings. The number of carbonyl (C=O) groups excluding carboxylic acids is 1. The fourth-order valence-electron chi connectivity index (χ4n) is 2.58. The van der Waals surface area contributed by atoms with Crippen LogP contribution in [0.3, 0.4) is 0 Å². The molecule has 1 aromatic heterocycles. The molecule has 2 aromatic rings. The second-order valence-corrected chi connectivity index (χ2v) is 6.74. The van der Waals surface area contributed by atoms with Gasteiger partial charge in [-0.25, -0.2) is 4.98 Å². The third-order valence-electron chi connectivity index (χ3n) is 3.69. The first-order valence-corrected chi connectivity index (χ1v) is 8.70. The van der Waals surface area contributed by atoms with Crippen molar-refractivity contribution >= 4 is 34.0 Å². The van der Waals surface area contributed by atoms with Crippen LogP contribution in [0.15, 0.2) is 29.6 Å². The zero-order chi connectivity index (χ0) is 15.4. The summed E-state index contributed by atoms with van der Waals surface area (Å²) in [5.74, 6) is -0.179. The molecular weight excluding hydrogens is 318 g/mol. The molecule has 1 N–H and O–H groups in total. The minimum atomic E-state index is -0.179. The molecule has 0 radical (unpaired) electrons. The summed E-state index contributed by atoms with van der Waals surface area (Å²) >= 11 is 7.37. The Balaban J connectivity index is 1.60. The molecule has 0 atom stereocenters. The van der Waals surface area contributed by atoms with Gasteiger partial charge >= 0.3 is 0 Å². The first-order chi connectivity index (χ1) is 10.7. The number of hydrogen-bond acceptors (Lipinski definition) is 4. The van der Waals surface area contributed by atoms with E-state index in [0.29, 0.717) is 15.7 Å². The van der Waals surface area contributed by atoms with E-state index < -0.39 is 0 Å². The van der Waals surface area contributed by atoms with Crippen molar-refractivity contribution in [3.8, 4) is 0 Å². The Morgan fingerprint density at radius 2 is 2.14 bits per heavy atom. The van der Waals surface area contributed by atoms with Crippen molar-refractivity contribution in [3.05, 3.63) is 45.9 Å². The third kappa shape index (κ3) is 4.06. The molecular formula is C16H18ClN3OS. The molecule has 22 heavy (non-hydrogen) atoms. The molecule has 116 valence electrons. The number of carbonyl (C=O) groups is 1. The van der Waals surface area contributed by atoms with Crippen LogP contribution in [-0.2, 0) is 6.54 Å². The predicted octanol–water partition coefficient (Wildman–Crippen LogP) is 4.03. The van der Waals surface area contributed by atoms with Gasteiger partial charge in [-0.15, -0.1) is 11.3 Å². The number of thiazole rings is 1. The monoisotopic (exact) mass is 335 g/mol. The van der Waals surface area contributed by atoms with Gasteiger partial charge in [0.2, 0.25) is 0 Å². The number of piperidine rings is 1. The number of nitrogens with one attached hydrogen (secondary N) is 1. The molecule has 0 aliphatic carbocycles. The van der Waals surface area contributed by atoms with Crippen molar-refractivity contribution < 1.29 is 4.79 Å². The zero-order valence-corrected chi connectivity index (χ0v) is 13.8. The molecule has 1 aromatic carbocycles. The maximum absolute atomic E-state index is 12.2. The number of anilines is 1. The summed E-state index contributed by atoms with van der Waals surface area (Å²) in [6, 6.07) is 6.90. The first-order valence-electron chi connectivity index (χ1n) is 7.44. The van der Waals surface area contributed by atoms with Gasteiger partial charge in [-0.05, 0) is 44.1 Å². The van der Waals surface area contributed by atoms with E-state index in [1.807, 2.05) is 5.38 Å². The Labute approximate surface area is 139 Å². The van der Waals surface area contributed by atoms with E-state index in [2.05, 4.69) is 15.2 Å². The first kappa shape index (κ1) is 15.5. The van der Waals surface area contributed by atoms with E-state index in [0.717, 1.165) is 25.3 Å². The third-order valence-corrected chi connectivity index (χ3v) is 4.73. The molecule has 0 bridgehead atoms. The number of halogens is 1. The minimum Gasteiger partial charge on any atom is -0.298 e. The van der Waals surface area contributed by atoms with Crippen LogP contribution in [0.5, 0.6) is 0 Å². The largest absolute Gasteiger partial charge is 0.298 e. The van der Waals surface area contributed by atoms with Crippen LogP contribution in [0.2, 0.25) is 5.02 Å². The van der Waals surface area contributed by atoms with Crippen LogP contribution in [0.4, 0.5) is 5.13 Å². The number of benzene rings is 1.